The number of hydrogen-bond donors (Lipinski definition) is 2. The van der Waals surface area contributed by atoms with Gasteiger partial charge in [0.05, 0.1) is 18.5 Å². The first-order valence-corrected chi connectivity index (χ1v) is 6.81. The molecule has 0 amide bonds. The van der Waals surface area contributed by atoms with E-state index in [1.807, 2.05) is 0 Å². The molecule has 2 N–H and O–H groups in total. The van der Waals surface area contributed by atoms with E-state index in [1.54, 1.807) is 18.7 Å². The van der Waals surface area contributed by atoms with Gasteiger partial charge in [0.1, 0.15) is 0 Å². The second kappa shape index (κ2) is 5.82. The van der Waals surface area contributed by atoms with E-state index in [1.165, 1.54) is 17.8 Å². The fraction of sp³-hybridized carbons (Fsp3) is 0.615. The maximum absolute atomic E-state index is 12.4. The molecule has 0 bridgehead atoms. The Morgan fingerprint density at radius 3 is 2.57 bits per heavy atom. The van der Waals surface area contributed by atoms with Gasteiger partial charge in [0, 0.05) is 20.6 Å². The topological polar surface area (TPSA) is 102 Å². The minimum absolute atomic E-state index is 0.191. The van der Waals surface area contributed by atoms with Crippen LogP contribution in [-0.4, -0.2) is 41.1 Å². The molecule has 2 heterocycles. The molecule has 0 aliphatic carbocycles. The maximum atomic E-state index is 12.4. The van der Waals surface area contributed by atoms with Gasteiger partial charge in [-0.25, -0.2) is 9.78 Å². The monoisotopic (exact) mass is 296 g/mol. The molecule has 8 nitrogen and oxygen atoms in total. The van der Waals surface area contributed by atoms with Crippen LogP contribution in [0.4, 0.5) is 0 Å². The fourth-order valence-corrected chi connectivity index (χ4v) is 2.29. The average molecular weight is 296 g/mol. The molecule has 0 aromatic carbocycles. The first-order valence-electron chi connectivity index (χ1n) is 6.81. The van der Waals surface area contributed by atoms with Gasteiger partial charge in [0.25, 0.3) is 5.56 Å². The number of rotatable bonds is 5. The zero-order chi connectivity index (χ0) is 15.7. The summed E-state index contributed by atoms with van der Waals surface area (Å²) >= 11 is 0. The molecule has 0 fully saturated rings. The molecule has 0 saturated heterocycles. The predicted octanol–water partition coefficient (Wildman–Crippen LogP) is -1.04. The molecule has 8 heteroatoms. The second-order valence-corrected chi connectivity index (χ2v) is 5.28. The number of nitrogens with zero attached hydrogens (tertiary/aromatic N) is 4. The van der Waals surface area contributed by atoms with Crippen LogP contribution in [0.1, 0.15) is 19.8 Å². The summed E-state index contributed by atoms with van der Waals surface area (Å²) in [6.07, 6.45) is 0.544. The Kier molecular flexibility index (Phi) is 4.29. The van der Waals surface area contributed by atoms with Crippen molar-refractivity contribution < 1.29 is 10.2 Å². The molecule has 0 aliphatic heterocycles. The minimum atomic E-state index is -0.856. The van der Waals surface area contributed by atoms with Crippen molar-refractivity contribution in [2.24, 2.45) is 14.1 Å². The summed E-state index contributed by atoms with van der Waals surface area (Å²) in [5.74, 6) is 0. The number of imidazole rings is 1. The van der Waals surface area contributed by atoms with Crippen molar-refractivity contribution in [2.75, 3.05) is 0 Å². The van der Waals surface area contributed by atoms with Crippen LogP contribution in [0.2, 0.25) is 0 Å². The molecule has 2 rings (SSSR count). The van der Waals surface area contributed by atoms with E-state index in [0.29, 0.717) is 24.0 Å². The van der Waals surface area contributed by atoms with E-state index in [9.17, 15) is 19.8 Å². The quantitative estimate of drug-likeness (QED) is 0.733. The highest BCUT2D eigenvalue weighted by atomic mass is 16.3. The SMILES string of the molecule is C[C@@H](O)C(O)CCCn1c(=O)c2c(ncn2C)n(C)c1=O. The van der Waals surface area contributed by atoms with Gasteiger partial charge in [-0.1, -0.05) is 0 Å². The Morgan fingerprint density at radius 1 is 1.29 bits per heavy atom. The lowest BCUT2D eigenvalue weighted by atomic mass is 10.1. The Hall–Kier alpha value is -1.93. The van der Waals surface area contributed by atoms with Gasteiger partial charge < -0.3 is 14.8 Å². The molecule has 2 aromatic rings. The van der Waals surface area contributed by atoms with Gasteiger partial charge >= 0.3 is 5.69 Å². The lowest BCUT2D eigenvalue weighted by Crippen LogP contribution is -2.39. The number of aliphatic hydroxyl groups excluding tert-OH is 2. The number of fused-ring (bicyclic) bond motifs is 1. The highest BCUT2D eigenvalue weighted by molar-refractivity contribution is 5.69. The van der Waals surface area contributed by atoms with Crippen LogP contribution < -0.4 is 11.2 Å². The number of aromatic nitrogens is 4. The van der Waals surface area contributed by atoms with Crippen molar-refractivity contribution in [3.8, 4) is 0 Å². The minimum Gasteiger partial charge on any atom is -0.391 e. The van der Waals surface area contributed by atoms with E-state index in [2.05, 4.69) is 4.98 Å². The van der Waals surface area contributed by atoms with Gasteiger partial charge in [-0.3, -0.25) is 13.9 Å². The van der Waals surface area contributed by atoms with Crippen molar-refractivity contribution in [3.05, 3.63) is 27.2 Å². The standard InChI is InChI=1S/C13H20N4O4/c1-8(18)9(19)5-4-6-17-12(20)10-11(14-7-15(10)2)16(3)13(17)21/h7-9,18-19H,4-6H2,1-3H3/t8-,9?/m1/s1. The van der Waals surface area contributed by atoms with E-state index >= 15 is 0 Å². The largest absolute Gasteiger partial charge is 0.391 e. The van der Waals surface area contributed by atoms with Crippen molar-refractivity contribution >= 4 is 11.2 Å². The number of aryl methyl sites for hydroxylation is 2. The Bertz CT molecular complexity index is 756. The summed E-state index contributed by atoms with van der Waals surface area (Å²) in [5, 5.41) is 18.8. The molecule has 0 saturated carbocycles. The first-order chi connectivity index (χ1) is 9.84. The van der Waals surface area contributed by atoms with E-state index < -0.39 is 17.9 Å². The molecule has 1 unspecified atom stereocenters. The predicted molar refractivity (Wildman–Crippen MR) is 77.1 cm³/mol. The van der Waals surface area contributed by atoms with Crippen LogP contribution in [0.3, 0.4) is 0 Å². The number of hydrogen-bond acceptors (Lipinski definition) is 5. The smallest absolute Gasteiger partial charge is 0.332 e. The zero-order valence-electron chi connectivity index (χ0n) is 12.4. The average Bonchev–Trinajstić information content (AvgIpc) is 2.82. The summed E-state index contributed by atoms with van der Waals surface area (Å²) in [4.78, 5) is 28.6. The molecule has 0 aliphatic rings. The van der Waals surface area contributed by atoms with Gasteiger partial charge in [-0.15, -0.1) is 0 Å². The van der Waals surface area contributed by atoms with Crippen LogP contribution in [0.5, 0.6) is 0 Å². The second-order valence-electron chi connectivity index (χ2n) is 5.28. The van der Waals surface area contributed by atoms with E-state index in [4.69, 9.17) is 0 Å². The Morgan fingerprint density at radius 2 is 1.95 bits per heavy atom. The summed E-state index contributed by atoms with van der Waals surface area (Å²) in [7, 11) is 3.26. The van der Waals surface area contributed by atoms with Crippen LogP contribution in [0.15, 0.2) is 15.9 Å². The molecular formula is C13H20N4O4. The van der Waals surface area contributed by atoms with Crippen molar-refractivity contribution in [1.29, 1.82) is 0 Å². The number of aliphatic hydroxyl groups is 2. The van der Waals surface area contributed by atoms with Gasteiger partial charge in [0.15, 0.2) is 11.2 Å². The third-order valence-electron chi connectivity index (χ3n) is 3.64. The van der Waals surface area contributed by atoms with Crippen molar-refractivity contribution in [1.82, 2.24) is 18.7 Å². The Labute approximate surface area is 120 Å². The normalized spacial score (nSPS) is 14.5. The first kappa shape index (κ1) is 15.5. The van der Waals surface area contributed by atoms with Crippen molar-refractivity contribution in [2.45, 2.75) is 38.5 Å². The molecular weight excluding hydrogens is 276 g/mol. The molecule has 2 aromatic heterocycles. The lowest BCUT2D eigenvalue weighted by molar-refractivity contribution is 0.0243. The molecule has 0 radical (unpaired) electrons. The van der Waals surface area contributed by atoms with Crippen LogP contribution in [0.25, 0.3) is 11.2 Å². The summed E-state index contributed by atoms with van der Waals surface area (Å²) in [6, 6.07) is 0. The van der Waals surface area contributed by atoms with Crippen LogP contribution in [-0.2, 0) is 20.6 Å². The van der Waals surface area contributed by atoms with E-state index in [-0.39, 0.29) is 12.1 Å². The molecule has 21 heavy (non-hydrogen) atoms. The van der Waals surface area contributed by atoms with Gasteiger partial charge in [0.2, 0.25) is 0 Å². The van der Waals surface area contributed by atoms with Crippen molar-refractivity contribution in [3.63, 3.8) is 0 Å². The van der Waals surface area contributed by atoms with E-state index in [0.717, 1.165) is 4.57 Å². The van der Waals surface area contributed by atoms with Gasteiger partial charge in [-0.2, -0.15) is 0 Å². The third-order valence-corrected chi connectivity index (χ3v) is 3.64. The summed E-state index contributed by atoms with van der Waals surface area (Å²) in [5.41, 5.74) is -0.0988. The zero-order valence-corrected chi connectivity index (χ0v) is 12.4. The highest BCUT2D eigenvalue weighted by Gasteiger charge is 2.15. The summed E-state index contributed by atoms with van der Waals surface area (Å²) in [6.45, 7) is 1.69. The maximum Gasteiger partial charge on any atom is 0.332 e. The molecule has 0 spiro atoms. The third kappa shape index (κ3) is 2.77. The summed E-state index contributed by atoms with van der Waals surface area (Å²) < 4.78 is 4.05. The Balaban J connectivity index is 2.34. The molecule has 116 valence electrons. The van der Waals surface area contributed by atoms with Crippen LogP contribution >= 0.6 is 0 Å². The lowest BCUT2D eigenvalue weighted by Gasteiger charge is -2.13. The van der Waals surface area contributed by atoms with Crippen LogP contribution in [0, 0.1) is 0 Å². The fourth-order valence-electron chi connectivity index (χ4n) is 2.29. The van der Waals surface area contributed by atoms with Gasteiger partial charge in [-0.05, 0) is 19.8 Å². The highest BCUT2D eigenvalue weighted by Crippen LogP contribution is 2.05. The molecule has 2 atom stereocenters.